The average molecular weight is 267 g/mol. The van der Waals surface area contributed by atoms with Crippen molar-refractivity contribution in [2.45, 2.75) is 38.1 Å². The molecule has 0 aromatic heterocycles. The average Bonchev–Trinajstić information content (AvgIpc) is 2.73. The molecular weight excluding hydrogens is 248 g/mol. The molecule has 1 aromatic rings. The van der Waals surface area contributed by atoms with Gasteiger partial charge in [0.2, 0.25) is 0 Å². The van der Waals surface area contributed by atoms with Gasteiger partial charge in [-0.1, -0.05) is 18.0 Å². The van der Waals surface area contributed by atoms with Crippen LogP contribution in [0.1, 0.15) is 30.4 Å². The van der Waals surface area contributed by atoms with Crippen LogP contribution in [0.4, 0.5) is 0 Å². The van der Waals surface area contributed by atoms with E-state index in [1.165, 1.54) is 30.4 Å². The number of hydrogen-bond acceptors (Lipinski definition) is 3. The molecule has 1 aliphatic carbocycles. The lowest BCUT2D eigenvalue weighted by Crippen LogP contribution is -2.44. The third-order valence-corrected chi connectivity index (χ3v) is 4.42. The molecule has 18 heavy (non-hydrogen) atoms. The maximum atomic E-state index is 6.18. The number of nitrogens with two attached hydrogens (primary N) is 1. The monoisotopic (exact) mass is 266 g/mol. The molecule has 1 aliphatic heterocycles. The summed E-state index contributed by atoms with van der Waals surface area (Å²) in [4.78, 5) is 0. The predicted octanol–water partition coefficient (Wildman–Crippen LogP) is 2.45. The fourth-order valence-electron chi connectivity index (χ4n) is 2.94. The van der Waals surface area contributed by atoms with Crippen molar-refractivity contribution in [3.05, 3.63) is 28.3 Å². The van der Waals surface area contributed by atoms with Gasteiger partial charge in [0.1, 0.15) is 5.75 Å². The van der Waals surface area contributed by atoms with E-state index in [0.29, 0.717) is 12.0 Å². The smallest absolute Gasteiger partial charge is 0.125 e. The van der Waals surface area contributed by atoms with Gasteiger partial charge in [-0.2, -0.15) is 0 Å². The van der Waals surface area contributed by atoms with Crippen molar-refractivity contribution in [1.29, 1.82) is 0 Å². The Morgan fingerprint density at radius 2 is 2.28 bits per heavy atom. The summed E-state index contributed by atoms with van der Waals surface area (Å²) in [5, 5.41) is 0.804. The van der Waals surface area contributed by atoms with E-state index < -0.39 is 0 Å². The molecule has 3 N–H and O–H groups in total. The lowest BCUT2D eigenvalue weighted by atomic mass is 9.78. The number of benzene rings is 1. The normalized spacial score (nSPS) is 20.1. The van der Waals surface area contributed by atoms with Crippen LogP contribution in [-0.4, -0.2) is 12.6 Å². The molecule has 1 aromatic carbocycles. The number of fused-ring (bicyclic) bond motifs is 1. The van der Waals surface area contributed by atoms with Crippen LogP contribution in [0, 0.1) is 5.92 Å². The standard InChI is InChI=1S/C14H19ClN2O/c15-12-6-10-4-5-18-14(10)11(7-12)8-13(17-16)9-2-1-3-9/h6-7,9,13,17H,1-5,8,16H2. The lowest BCUT2D eigenvalue weighted by Gasteiger charge is -2.33. The van der Waals surface area contributed by atoms with E-state index >= 15 is 0 Å². The van der Waals surface area contributed by atoms with Crippen LogP contribution in [0.2, 0.25) is 5.02 Å². The molecule has 4 heteroatoms. The van der Waals surface area contributed by atoms with Crippen molar-refractivity contribution >= 4 is 11.6 Å². The maximum absolute atomic E-state index is 6.18. The quantitative estimate of drug-likeness (QED) is 0.650. The second-order valence-electron chi connectivity index (χ2n) is 5.32. The van der Waals surface area contributed by atoms with E-state index in [0.717, 1.165) is 30.2 Å². The number of ether oxygens (including phenoxy) is 1. The summed E-state index contributed by atoms with van der Waals surface area (Å²) in [6.07, 6.45) is 5.75. The molecule has 0 radical (unpaired) electrons. The van der Waals surface area contributed by atoms with Crippen LogP contribution in [0.5, 0.6) is 5.75 Å². The number of rotatable bonds is 4. The Morgan fingerprint density at radius 1 is 1.44 bits per heavy atom. The molecule has 3 nitrogen and oxygen atoms in total. The van der Waals surface area contributed by atoms with Gasteiger partial charge in [0.25, 0.3) is 0 Å². The Balaban J connectivity index is 1.83. The summed E-state index contributed by atoms with van der Waals surface area (Å²) in [5.74, 6) is 7.43. The second kappa shape index (κ2) is 5.08. The first kappa shape index (κ1) is 12.3. The van der Waals surface area contributed by atoms with Crippen molar-refractivity contribution < 1.29 is 4.74 Å². The largest absolute Gasteiger partial charge is 0.493 e. The van der Waals surface area contributed by atoms with E-state index in [9.17, 15) is 0 Å². The van der Waals surface area contributed by atoms with Gasteiger partial charge in [0.15, 0.2) is 0 Å². The van der Waals surface area contributed by atoms with Gasteiger partial charge in [-0.25, -0.2) is 0 Å². The van der Waals surface area contributed by atoms with Gasteiger partial charge in [-0.15, -0.1) is 0 Å². The summed E-state index contributed by atoms with van der Waals surface area (Å²) in [7, 11) is 0. The van der Waals surface area contributed by atoms with Crippen LogP contribution in [0.3, 0.4) is 0 Å². The number of halogens is 1. The highest BCUT2D eigenvalue weighted by atomic mass is 35.5. The highest BCUT2D eigenvalue weighted by molar-refractivity contribution is 6.30. The minimum atomic E-state index is 0.338. The van der Waals surface area contributed by atoms with E-state index in [2.05, 4.69) is 5.43 Å². The summed E-state index contributed by atoms with van der Waals surface area (Å²) < 4.78 is 5.73. The van der Waals surface area contributed by atoms with Gasteiger partial charge in [-0.05, 0) is 48.4 Å². The number of hydrogen-bond donors (Lipinski definition) is 2. The molecular formula is C14H19ClN2O. The molecule has 3 rings (SSSR count). The third kappa shape index (κ3) is 2.22. The summed E-state index contributed by atoms with van der Waals surface area (Å²) >= 11 is 6.18. The molecule has 1 atom stereocenters. The maximum Gasteiger partial charge on any atom is 0.125 e. The SMILES string of the molecule is NNC(Cc1cc(Cl)cc2c1OCC2)C1CCC1. The summed E-state index contributed by atoms with van der Waals surface area (Å²) in [6, 6.07) is 4.38. The molecule has 0 spiro atoms. The van der Waals surface area contributed by atoms with E-state index in [4.69, 9.17) is 22.2 Å². The minimum Gasteiger partial charge on any atom is -0.493 e. The molecule has 1 fully saturated rings. The molecule has 2 aliphatic rings. The lowest BCUT2D eigenvalue weighted by molar-refractivity contribution is 0.227. The van der Waals surface area contributed by atoms with Gasteiger partial charge >= 0.3 is 0 Å². The summed E-state index contributed by atoms with van der Waals surface area (Å²) in [6.45, 7) is 0.771. The zero-order valence-corrected chi connectivity index (χ0v) is 11.2. The molecule has 0 amide bonds. The van der Waals surface area contributed by atoms with Crippen molar-refractivity contribution in [2.24, 2.45) is 11.8 Å². The molecule has 0 saturated heterocycles. The molecule has 1 heterocycles. The Kier molecular flexibility index (Phi) is 3.46. The molecule has 0 bridgehead atoms. The number of hydrazine groups is 1. The van der Waals surface area contributed by atoms with Crippen molar-refractivity contribution in [2.75, 3.05) is 6.61 Å². The minimum absolute atomic E-state index is 0.338. The highest BCUT2D eigenvalue weighted by Crippen LogP contribution is 2.36. The Hall–Kier alpha value is -0.770. The van der Waals surface area contributed by atoms with Gasteiger partial charge < -0.3 is 4.74 Å². The van der Waals surface area contributed by atoms with Crippen molar-refractivity contribution in [1.82, 2.24) is 5.43 Å². The van der Waals surface area contributed by atoms with Gasteiger partial charge in [0.05, 0.1) is 6.61 Å². The molecule has 1 saturated carbocycles. The second-order valence-corrected chi connectivity index (χ2v) is 5.76. The Bertz CT molecular complexity index is 446. The fraction of sp³-hybridized carbons (Fsp3) is 0.571. The van der Waals surface area contributed by atoms with Crippen LogP contribution >= 0.6 is 11.6 Å². The van der Waals surface area contributed by atoms with Crippen LogP contribution in [-0.2, 0) is 12.8 Å². The van der Waals surface area contributed by atoms with Gasteiger partial charge in [-0.3, -0.25) is 11.3 Å². The first-order chi connectivity index (χ1) is 8.78. The Labute approximate surface area is 113 Å². The van der Waals surface area contributed by atoms with Crippen LogP contribution < -0.4 is 16.0 Å². The van der Waals surface area contributed by atoms with Gasteiger partial charge in [0, 0.05) is 17.5 Å². The highest BCUT2D eigenvalue weighted by Gasteiger charge is 2.28. The zero-order chi connectivity index (χ0) is 12.5. The van der Waals surface area contributed by atoms with E-state index in [1.54, 1.807) is 0 Å². The first-order valence-electron chi connectivity index (χ1n) is 6.68. The zero-order valence-electron chi connectivity index (χ0n) is 10.4. The van der Waals surface area contributed by atoms with E-state index in [1.807, 2.05) is 12.1 Å². The van der Waals surface area contributed by atoms with Crippen molar-refractivity contribution in [3.8, 4) is 5.75 Å². The third-order valence-electron chi connectivity index (χ3n) is 4.20. The topological polar surface area (TPSA) is 47.3 Å². The van der Waals surface area contributed by atoms with E-state index in [-0.39, 0.29) is 0 Å². The predicted molar refractivity (Wildman–Crippen MR) is 72.8 cm³/mol. The van der Waals surface area contributed by atoms with Crippen LogP contribution in [0.15, 0.2) is 12.1 Å². The molecule has 98 valence electrons. The van der Waals surface area contributed by atoms with Crippen LogP contribution in [0.25, 0.3) is 0 Å². The number of nitrogens with one attached hydrogen (secondary N) is 1. The first-order valence-corrected chi connectivity index (χ1v) is 7.06. The molecule has 1 unspecified atom stereocenters. The van der Waals surface area contributed by atoms with Crippen molar-refractivity contribution in [3.63, 3.8) is 0 Å². The Morgan fingerprint density at radius 3 is 2.94 bits per heavy atom. The summed E-state index contributed by atoms with van der Waals surface area (Å²) in [5.41, 5.74) is 5.40. The fourth-order valence-corrected chi connectivity index (χ4v) is 3.20.